The zero-order valence-corrected chi connectivity index (χ0v) is 53.2. The second kappa shape index (κ2) is 18.0. The smallest absolute Gasteiger partial charge is 0.000718 e. The van der Waals surface area contributed by atoms with Crippen LogP contribution in [0.5, 0.6) is 0 Å². The Balaban J connectivity index is 0.883. The maximum Gasteiger partial charge on any atom is -0.000718 e. The van der Waals surface area contributed by atoms with Gasteiger partial charge in [-0.05, 0) is 262 Å². The summed E-state index contributed by atoms with van der Waals surface area (Å²) in [6.45, 7) is 4.71. The standard InChI is InChI=1S/C97H54/c1-50(2)63-35-44-74-79(49-63)91(73-43-34-62-26-22-54-12-8-16-58-30-39-69(73)87(62)83(54)58)97-78-48-47-76-92-75(45-46-77(93(78)92)96(97)90(74)72-42-33-61-25-21-53-11-7-15-57-29-38-68(72)86(61)82(53)57)94-88(70-40-31-59-23-19-51-9-5-13-55-27-36-66(70)84(59)80(51)55)64-17-3-4-18-65(64)89(95(76)94)71-41-32-60-24-20-52-10-6-14-56-28-37-67(71)85(60)81(52)56/h3-50H,1-2H3. The summed E-state index contributed by atoms with van der Waals surface area (Å²) in [5.74, 6) is 0.309. The summed E-state index contributed by atoms with van der Waals surface area (Å²) in [5.41, 5.74) is 22.1. The average molecular weight is 1220 g/mol. The summed E-state index contributed by atoms with van der Waals surface area (Å²) in [6.07, 6.45) is 0. The van der Waals surface area contributed by atoms with Crippen LogP contribution in [0.25, 0.3) is 251 Å². The van der Waals surface area contributed by atoms with Crippen molar-refractivity contribution in [1.29, 1.82) is 0 Å². The average Bonchev–Trinajstić information content (AvgIpc) is 1.52. The maximum atomic E-state index is 2.58. The lowest BCUT2D eigenvalue weighted by Crippen LogP contribution is -1.97. The number of fused-ring (bicyclic) bond motifs is 8. The van der Waals surface area contributed by atoms with E-state index in [0.29, 0.717) is 5.92 Å². The van der Waals surface area contributed by atoms with Crippen LogP contribution in [0.2, 0.25) is 0 Å². The number of hydrogen-bond acceptors (Lipinski definition) is 0. The summed E-state index contributed by atoms with van der Waals surface area (Å²) in [4.78, 5) is 0. The first-order valence-electron chi connectivity index (χ1n) is 34.5. The summed E-state index contributed by atoms with van der Waals surface area (Å²) in [6, 6.07) is 112. The van der Waals surface area contributed by atoms with Crippen LogP contribution in [0, 0.1) is 0 Å². The lowest BCUT2D eigenvalue weighted by molar-refractivity contribution is 0.869. The van der Waals surface area contributed by atoms with E-state index in [4.69, 9.17) is 0 Å². The van der Waals surface area contributed by atoms with E-state index in [1.807, 2.05) is 0 Å². The molecule has 0 bridgehead atoms. The van der Waals surface area contributed by atoms with Crippen molar-refractivity contribution in [2.75, 3.05) is 0 Å². The zero-order chi connectivity index (χ0) is 62.9. The van der Waals surface area contributed by atoms with Gasteiger partial charge in [0.15, 0.2) is 0 Å². The SMILES string of the molecule is CC(C)c1ccc2c(-c3ccc4ccc5cccc6ccc3c4c56)c3c(c(-c4ccc5ccc6cccc7ccc4c5c67)c2c1)-c1ccc2c4c(ccc-3c14)-c1c-2c(-c2ccc3ccc4cccc5ccc2c3c45)c2ccccc2c1-c1ccc2ccc3cccc4ccc1c2c34. The van der Waals surface area contributed by atoms with Gasteiger partial charge in [0.1, 0.15) is 0 Å². The minimum atomic E-state index is 0.309. The predicted octanol–water partition coefficient (Wildman–Crippen LogP) is 27.8. The second-order valence-corrected chi connectivity index (χ2v) is 28.5. The largest absolute Gasteiger partial charge is 0.0616 e. The molecule has 0 heteroatoms. The normalized spacial score (nSPS) is 12.9. The molecule has 0 heterocycles. The first-order chi connectivity index (χ1) is 48.0. The zero-order valence-electron chi connectivity index (χ0n) is 53.2. The van der Waals surface area contributed by atoms with Crippen molar-refractivity contribution in [1.82, 2.24) is 0 Å². The molecule has 22 aromatic rings. The van der Waals surface area contributed by atoms with Gasteiger partial charge in [0.2, 0.25) is 0 Å². The van der Waals surface area contributed by atoms with E-state index < -0.39 is 0 Å². The number of benzene rings is 22. The Hall–Kier alpha value is -12.2. The molecule has 0 atom stereocenters. The van der Waals surface area contributed by atoms with Crippen LogP contribution < -0.4 is 0 Å². The van der Waals surface area contributed by atoms with Gasteiger partial charge in [-0.3, -0.25) is 0 Å². The van der Waals surface area contributed by atoms with E-state index in [1.54, 1.807) is 0 Å². The molecule has 0 unspecified atom stereocenters. The Labute approximate surface area is 557 Å². The summed E-state index contributed by atoms with van der Waals surface area (Å²) in [5, 5.41) is 38.9. The highest BCUT2D eigenvalue weighted by Gasteiger charge is 2.39. The van der Waals surface area contributed by atoms with Gasteiger partial charge in [0.05, 0.1) is 0 Å². The van der Waals surface area contributed by atoms with E-state index >= 15 is 0 Å². The third-order valence-electron chi connectivity index (χ3n) is 23.6. The third kappa shape index (κ3) is 6.32. The van der Waals surface area contributed by atoms with Gasteiger partial charge in [0.25, 0.3) is 0 Å². The topological polar surface area (TPSA) is 0 Å². The predicted molar refractivity (Wildman–Crippen MR) is 418 cm³/mol. The third-order valence-corrected chi connectivity index (χ3v) is 23.6. The molecule has 0 fully saturated rings. The van der Waals surface area contributed by atoms with Crippen LogP contribution in [0.15, 0.2) is 285 Å². The number of hydrogen-bond donors (Lipinski definition) is 0. The van der Waals surface area contributed by atoms with Gasteiger partial charge in [-0.2, -0.15) is 0 Å². The van der Waals surface area contributed by atoms with Crippen molar-refractivity contribution in [2.24, 2.45) is 0 Å². The summed E-state index contributed by atoms with van der Waals surface area (Å²) < 4.78 is 0. The lowest BCUT2D eigenvalue weighted by Gasteiger charge is -2.24. The molecule has 0 N–H and O–H groups in total. The van der Waals surface area contributed by atoms with Crippen LogP contribution in [-0.2, 0) is 0 Å². The van der Waals surface area contributed by atoms with Gasteiger partial charge < -0.3 is 0 Å². The fourth-order valence-corrected chi connectivity index (χ4v) is 19.6. The van der Waals surface area contributed by atoms with Crippen molar-refractivity contribution in [3.8, 4) is 89.0 Å². The van der Waals surface area contributed by atoms with E-state index in [9.17, 15) is 0 Å². The van der Waals surface area contributed by atoms with E-state index in [-0.39, 0.29) is 0 Å². The molecule has 2 aliphatic rings. The van der Waals surface area contributed by atoms with Crippen molar-refractivity contribution in [2.45, 2.75) is 19.8 Å². The molecule has 0 saturated carbocycles. The van der Waals surface area contributed by atoms with Gasteiger partial charge in [-0.1, -0.05) is 299 Å². The lowest BCUT2D eigenvalue weighted by atomic mass is 9.78. The fourth-order valence-electron chi connectivity index (χ4n) is 19.6. The molecule has 0 saturated heterocycles. The van der Waals surface area contributed by atoms with Crippen LogP contribution in [0.3, 0.4) is 0 Å². The van der Waals surface area contributed by atoms with Crippen molar-refractivity contribution in [3.05, 3.63) is 291 Å². The highest BCUT2D eigenvalue weighted by molar-refractivity contribution is 6.40. The minimum Gasteiger partial charge on any atom is -0.0616 e. The first kappa shape index (κ1) is 51.2. The van der Waals surface area contributed by atoms with Crippen molar-refractivity contribution < 1.29 is 0 Å². The molecule has 0 aliphatic heterocycles. The molecule has 442 valence electrons. The molecule has 22 aromatic carbocycles. The van der Waals surface area contributed by atoms with E-state index in [1.165, 1.54) is 256 Å². The molecule has 0 aromatic heterocycles. The Morgan fingerprint density at radius 2 is 0.381 bits per heavy atom. The number of rotatable bonds is 5. The molecule has 0 amide bonds. The van der Waals surface area contributed by atoms with Crippen molar-refractivity contribution in [3.63, 3.8) is 0 Å². The summed E-state index contributed by atoms with van der Waals surface area (Å²) >= 11 is 0. The van der Waals surface area contributed by atoms with Gasteiger partial charge in [-0.15, -0.1) is 0 Å². The first-order valence-corrected chi connectivity index (χ1v) is 34.5. The minimum absolute atomic E-state index is 0.309. The molecule has 0 spiro atoms. The molecular formula is C97H54. The Morgan fingerprint density at radius 1 is 0.155 bits per heavy atom. The quantitative estimate of drug-likeness (QED) is 0.151. The van der Waals surface area contributed by atoms with E-state index in [2.05, 4.69) is 299 Å². The van der Waals surface area contributed by atoms with E-state index in [0.717, 1.165) is 0 Å². The monoisotopic (exact) mass is 1220 g/mol. The van der Waals surface area contributed by atoms with Crippen LogP contribution in [0.1, 0.15) is 25.3 Å². The molecular weight excluding hydrogens is 1170 g/mol. The van der Waals surface area contributed by atoms with Crippen LogP contribution >= 0.6 is 0 Å². The molecule has 24 rings (SSSR count). The fraction of sp³-hybridized carbons (Fsp3) is 0.0309. The molecule has 0 radical (unpaired) electrons. The molecule has 2 aliphatic carbocycles. The van der Waals surface area contributed by atoms with Gasteiger partial charge in [-0.25, -0.2) is 0 Å². The van der Waals surface area contributed by atoms with Crippen molar-refractivity contribution >= 4 is 162 Å². The Morgan fingerprint density at radius 3 is 0.670 bits per heavy atom. The van der Waals surface area contributed by atoms with Crippen LogP contribution in [-0.4, -0.2) is 0 Å². The summed E-state index contributed by atoms with van der Waals surface area (Å²) in [7, 11) is 0. The highest BCUT2D eigenvalue weighted by atomic mass is 14.4. The second-order valence-electron chi connectivity index (χ2n) is 28.5. The molecule has 97 heavy (non-hydrogen) atoms. The van der Waals surface area contributed by atoms with Crippen LogP contribution in [0.4, 0.5) is 0 Å². The maximum absolute atomic E-state index is 2.58. The Bertz CT molecular complexity index is 7110. The molecule has 0 nitrogen and oxygen atoms in total. The Kier molecular flexibility index (Phi) is 9.49. The van der Waals surface area contributed by atoms with Gasteiger partial charge in [0, 0.05) is 0 Å². The van der Waals surface area contributed by atoms with Gasteiger partial charge >= 0.3 is 0 Å². The highest BCUT2D eigenvalue weighted by Crippen LogP contribution is 2.66.